The molecule has 0 bridgehead atoms. The van der Waals surface area contributed by atoms with Gasteiger partial charge in [-0.2, -0.15) is 0 Å². The molecule has 1 aliphatic rings. The fraction of sp³-hybridized carbons (Fsp3) is 0.143. The number of benzene rings is 2. The van der Waals surface area contributed by atoms with Gasteiger partial charge in [0.25, 0.3) is 0 Å². The molecule has 0 atom stereocenters. The molecule has 0 spiro atoms. The number of nitrogens with zero attached hydrogens (tertiary/aromatic N) is 1. The van der Waals surface area contributed by atoms with Crippen molar-refractivity contribution in [2.24, 2.45) is 0 Å². The Balaban J connectivity index is 1.67. The zero-order valence-corrected chi connectivity index (χ0v) is 14.1. The van der Waals surface area contributed by atoms with Crippen molar-refractivity contribution in [3.63, 3.8) is 0 Å². The van der Waals surface area contributed by atoms with Crippen molar-refractivity contribution in [1.29, 1.82) is 0 Å². The number of urea groups is 1. The van der Waals surface area contributed by atoms with Crippen LogP contribution in [-0.4, -0.2) is 11.0 Å². The summed E-state index contributed by atoms with van der Waals surface area (Å²) in [5.74, 6) is 0.127. The summed E-state index contributed by atoms with van der Waals surface area (Å²) in [6.45, 7) is 0. The van der Waals surface area contributed by atoms with E-state index in [1.165, 1.54) is 6.07 Å². The molecule has 0 saturated carbocycles. The molecule has 0 fully saturated rings. The molecule has 2 aromatic carbocycles. The van der Waals surface area contributed by atoms with Crippen LogP contribution in [0.1, 0.15) is 16.7 Å². The average Bonchev–Trinajstić information content (AvgIpc) is 3.01. The Labute approximate surface area is 151 Å². The molecule has 26 heavy (non-hydrogen) atoms. The number of fused-ring (bicyclic) bond motifs is 1. The topological polar surface area (TPSA) is 54.0 Å². The molecule has 1 heterocycles. The lowest BCUT2D eigenvalue weighted by Crippen LogP contribution is -2.49. The van der Waals surface area contributed by atoms with Crippen LogP contribution in [0.3, 0.4) is 0 Å². The van der Waals surface area contributed by atoms with Crippen molar-refractivity contribution < 1.29 is 9.18 Å². The van der Waals surface area contributed by atoms with Gasteiger partial charge < -0.3 is 5.32 Å². The molecule has 1 aliphatic carbocycles. The zero-order valence-electron chi connectivity index (χ0n) is 14.1. The second-order valence-corrected chi connectivity index (χ2v) is 6.48. The third-order valence-corrected chi connectivity index (χ3v) is 4.75. The van der Waals surface area contributed by atoms with Crippen molar-refractivity contribution in [3.8, 4) is 0 Å². The van der Waals surface area contributed by atoms with Gasteiger partial charge in [-0.15, -0.1) is 0 Å². The SMILES string of the molecule is O=C(Nc1ccccn1)NC1(c2ccccc2F)Cc2ccccc2C1. The van der Waals surface area contributed by atoms with E-state index in [9.17, 15) is 9.18 Å². The molecule has 5 heteroatoms. The summed E-state index contributed by atoms with van der Waals surface area (Å²) >= 11 is 0. The van der Waals surface area contributed by atoms with Crippen molar-refractivity contribution >= 4 is 11.8 Å². The Morgan fingerprint density at radius 2 is 1.58 bits per heavy atom. The number of hydrogen-bond acceptors (Lipinski definition) is 2. The summed E-state index contributed by atoms with van der Waals surface area (Å²) in [6.07, 6.45) is 2.69. The normalized spacial score (nSPS) is 14.5. The number of hydrogen-bond donors (Lipinski definition) is 2. The number of carbonyl (C=O) groups is 1. The Hall–Kier alpha value is -3.21. The van der Waals surface area contributed by atoms with Crippen LogP contribution >= 0.6 is 0 Å². The largest absolute Gasteiger partial charge is 0.328 e. The lowest BCUT2D eigenvalue weighted by molar-refractivity contribution is 0.236. The van der Waals surface area contributed by atoms with Crippen molar-refractivity contribution in [2.45, 2.75) is 18.4 Å². The molecule has 3 aromatic rings. The van der Waals surface area contributed by atoms with Crippen LogP contribution in [0.4, 0.5) is 15.0 Å². The smallest absolute Gasteiger partial charge is 0.321 e. The summed E-state index contributed by atoms with van der Waals surface area (Å²) in [4.78, 5) is 16.7. The monoisotopic (exact) mass is 347 g/mol. The number of pyridine rings is 1. The minimum absolute atomic E-state index is 0.321. The first kappa shape index (κ1) is 16.3. The number of rotatable bonds is 3. The highest BCUT2D eigenvalue weighted by molar-refractivity contribution is 5.89. The number of aromatic nitrogens is 1. The van der Waals surface area contributed by atoms with E-state index in [0.717, 1.165) is 11.1 Å². The van der Waals surface area contributed by atoms with E-state index in [2.05, 4.69) is 15.6 Å². The Morgan fingerprint density at radius 3 is 2.23 bits per heavy atom. The highest BCUT2D eigenvalue weighted by Crippen LogP contribution is 2.38. The molecule has 0 radical (unpaired) electrons. The second kappa shape index (κ2) is 6.59. The highest BCUT2D eigenvalue weighted by atomic mass is 19.1. The van der Waals surface area contributed by atoms with Gasteiger partial charge in [0.15, 0.2) is 0 Å². The summed E-state index contributed by atoms with van der Waals surface area (Å²) in [6, 6.07) is 19.5. The minimum atomic E-state index is -0.826. The van der Waals surface area contributed by atoms with Crippen molar-refractivity contribution in [1.82, 2.24) is 10.3 Å². The lowest BCUT2D eigenvalue weighted by Gasteiger charge is -2.31. The van der Waals surface area contributed by atoms with E-state index >= 15 is 0 Å². The third kappa shape index (κ3) is 3.04. The predicted octanol–water partition coefficient (Wildman–Crippen LogP) is 4.04. The first-order valence-corrected chi connectivity index (χ1v) is 8.48. The summed E-state index contributed by atoms with van der Waals surface area (Å²) < 4.78 is 14.6. The van der Waals surface area contributed by atoms with Crippen LogP contribution < -0.4 is 10.6 Å². The number of carbonyl (C=O) groups excluding carboxylic acids is 1. The lowest BCUT2D eigenvalue weighted by atomic mass is 9.86. The second-order valence-electron chi connectivity index (χ2n) is 6.48. The Bertz CT molecular complexity index is 918. The molecule has 1 aromatic heterocycles. The maximum atomic E-state index is 14.6. The quantitative estimate of drug-likeness (QED) is 0.751. The van der Waals surface area contributed by atoms with Gasteiger partial charge in [0, 0.05) is 24.6 Å². The fourth-order valence-corrected chi connectivity index (χ4v) is 3.61. The van der Waals surface area contributed by atoms with E-state index in [4.69, 9.17) is 0 Å². The molecule has 0 saturated heterocycles. The predicted molar refractivity (Wildman–Crippen MR) is 98.3 cm³/mol. The number of halogens is 1. The molecule has 130 valence electrons. The molecule has 0 aliphatic heterocycles. The molecule has 4 nitrogen and oxygen atoms in total. The van der Waals surface area contributed by atoms with Crippen molar-refractivity contribution in [3.05, 3.63) is 95.4 Å². The van der Waals surface area contributed by atoms with Gasteiger partial charge in [-0.05, 0) is 29.3 Å². The summed E-state index contributed by atoms with van der Waals surface area (Å²) in [5, 5.41) is 5.74. The van der Waals surface area contributed by atoms with Gasteiger partial charge in [0.1, 0.15) is 11.6 Å². The van der Waals surface area contributed by atoms with E-state index < -0.39 is 11.6 Å². The van der Waals surface area contributed by atoms with Gasteiger partial charge in [-0.25, -0.2) is 14.2 Å². The minimum Gasteiger partial charge on any atom is -0.328 e. The Morgan fingerprint density at radius 1 is 0.923 bits per heavy atom. The van der Waals surface area contributed by atoms with Crippen LogP contribution in [0.5, 0.6) is 0 Å². The Kier molecular flexibility index (Phi) is 4.13. The highest BCUT2D eigenvalue weighted by Gasteiger charge is 2.41. The van der Waals surface area contributed by atoms with E-state index in [1.54, 1.807) is 42.6 Å². The van der Waals surface area contributed by atoms with E-state index in [0.29, 0.717) is 24.2 Å². The van der Waals surface area contributed by atoms with Crippen LogP contribution in [0, 0.1) is 5.82 Å². The summed E-state index contributed by atoms with van der Waals surface area (Å²) in [7, 11) is 0. The van der Waals surface area contributed by atoms with Gasteiger partial charge in [0.2, 0.25) is 0 Å². The first-order chi connectivity index (χ1) is 12.7. The van der Waals surface area contributed by atoms with Crippen LogP contribution in [0.15, 0.2) is 72.9 Å². The maximum absolute atomic E-state index is 14.6. The molecule has 2 N–H and O–H groups in total. The first-order valence-electron chi connectivity index (χ1n) is 8.48. The summed E-state index contributed by atoms with van der Waals surface area (Å²) in [5.41, 5.74) is 1.91. The van der Waals surface area contributed by atoms with Crippen molar-refractivity contribution in [2.75, 3.05) is 5.32 Å². The van der Waals surface area contributed by atoms with Crippen LogP contribution in [-0.2, 0) is 18.4 Å². The number of amides is 2. The molecular weight excluding hydrogens is 329 g/mol. The van der Waals surface area contributed by atoms with Gasteiger partial charge >= 0.3 is 6.03 Å². The standard InChI is InChI=1S/C21H18FN3O/c22-18-10-4-3-9-17(18)21(13-15-7-1-2-8-16(15)14-21)25-20(26)24-19-11-5-6-12-23-19/h1-12H,13-14H2,(H2,23,24,25,26). The number of nitrogens with one attached hydrogen (secondary N) is 2. The zero-order chi connectivity index (χ0) is 18.0. The maximum Gasteiger partial charge on any atom is 0.321 e. The van der Waals surface area contributed by atoms with E-state index in [1.807, 2.05) is 24.3 Å². The molecule has 4 rings (SSSR count). The fourth-order valence-electron chi connectivity index (χ4n) is 3.61. The molecular formula is C21H18FN3O. The van der Waals surface area contributed by atoms with E-state index in [-0.39, 0.29) is 5.82 Å². The molecule has 0 unspecified atom stereocenters. The molecule has 2 amide bonds. The van der Waals surface area contributed by atoms with Gasteiger partial charge in [-0.3, -0.25) is 5.32 Å². The number of anilines is 1. The van der Waals surface area contributed by atoms with Gasteiger partial charge in [0.05, 0.1) is 5.54 Å². The average molecular weight is 347 g/mol. The van der Waals surface area contributed by atoms with Gasteiger partial charge in [-0.1, -0.05) is 48.5 Å². The van der Waals surface area contributed by atoms with Crippen LogP contribution in [0.2, 0.25) is 0 Å². The van der Waals surface area contributed by atoms with Crippen LogP contribution in [0.25, 0.3) is 0 Å². The third-order valence-electron chi connectivity index (χ3n) is 4.75.